The molecule has 0 bridgehead atoms. The lowest BCUT2D eigenvalue weighted by Gasteiger charge is -2.35. The first kappa shape index (κ1) is 22.3. The summed E-state index contributed by atoms with van der Waals surface area (Å²) in [6, 6.07) is 2.85. The quantitative estimate of drug-likeness (QED) is 0.668. The number of benzene rings is 1. The van der Waals surface area contributed by atoms with Gasteiger partial charge < -0.3 is 25.0 Å². The molecule has 3 atom stereocenters. The minimum atomic E-state index is -1.02. The van der Waals surface area contributed by atoms with Gasteiger partial charge in [0.05, 0.1) is 18.7 Å². The lowest BCUT2D eigenvalue weighted by Crippen LogP contribution is -2.50. The second kappa shape index (κ2) is 8.55. The van der Waals surface area contributed by atoms with Gasteiger partial charge in [-0.1, -0.05) is 6.07 Å². The van der Waals surface area contributed by atoms with E-state index < -0.39 is 58.6 Å². The maximum absolute atomic E-state index is 14.3. The highest BCUT2D eigenvalue weighted by molar-refractivity contribution is 7.98. The second-order valence-corrected chi connectivity index (χ2v) is 8.70. The summed E-state index contributed by atoms with van der Waals surface area (Å²) in [4.78, 5) is 38.6. The van der Waals surface area contributed by atoms with Crippen LogP contribution < -0.4 is 11.2 Å². The zero-order valence-electron chi connectivity index (χ0n) is 17.1. The topological polar surface area (TPSA) is 115 Å². The van der Waals surface area contributed by atoms with Gasteiger partial charge in [-0.3, -0.25) is 14.4 Å². The molecule has 1 saturated heterocycles. The van der Waals surface area contributed by atoms with Gasteiger partial charge >= 0.3 is 0 Å². The van der Waals surface area contributed by atoms with Crippen molar-refractivity contribution in [1.82, 2.24) is 9.47 Å². The number of amides is 2. The summed E-state index contributed by atoms with van der Waals surface area (Å²) in [5, 5.41) is 10.4. The molecule has 3 N–H and O–H groups in total. The maximum Gasteiger partial charge on any atom is 0.276 e. The van der Waals surface area contributed by atoms with Crippen LogP contribution in [-0.4, -0.2) is 56.8 Å². The van der Waals surface area contributed by atoms with Gasteiger partial charge in [-0.05, 0) is 30.1 Å². The number of pyridine rings is 1. The number of hydrogen-bond donors (Lipinski definition) is 2. The van der Waals surface area contributed by atoms with Gasteiger partial charge in [0, 0.05) is 18.7 Å². The van der Waals surface area contributed by atoms with Crippen molar-refractivity contribution < 1.29 is 28.2 Å². The minimum Gasteiger partial charge on any atom is -0.503 e. The normalized spacial score (nSPS) is 22.0. The third-order valence-corrected chi connectivity index (χ3v) is 6.44. The van der Waals surface area contributed by atoms with Gasteiger partial charge in [-0.25, -0.2) is 8.78 Å². The Labute approximate surface area is 186 Å². The SMILES string of the molecule is CSCC[C@H]1C(Cc2ccc(F)cc2F)O[C@@H]2Cn3cc(C(N)=O)c(=O)c(O)c3C(=O)N21. The number of ether oxygens (including phenoxy) is 1. The smallest absolute Gasteiger partial charge is 0.276 e. The summed E-state index contributed by atoms with van der Waals surface area (Å²) in [5.41, 5.74) is 3.77. The molecule has 0 radical (unpaired) electrons. The van der Waals surface area contributed by atoms with E-state index in [9.17, 15) is 28.3 Å². The number of nitrogens with two attached hydrogens (primary N) is 1. The minimum absolute atomic E-state index is 0.0490. The highest BCUT2D eigenvalue weighted by Crippen LogP contribution is 2.36. The molecule has 0 saturated carbocycles. The van der Waals surface area contributed by atoms with Gasteiger partial charge in [0.15, 0.2) is 17.7 Å². The molecule has 4 rings (SSSR count). The summed E-state index contributed by atoms with van der Waals surface area (Å²) in [6.45, 7) is 0.0490. The summed E-state index contributed by atoms with van der Waals surface area (Å²) in [6.07, 6.45) is 2.35. The lowest BCUT2D eigenvalue weighted by atomic mass is 9.98. The zero-order chi connectivity index (χ0) is 23.2. The van der Waals surface area contributed by atoms with E-state index in [0.717, 1.165) is 18.3 Å². The van der Waals surface area contributed by atoms with Crippen LogP contribution in [-0.2, 0) is 17.7 Å². The summed E-state index contributed by atoms with van der Waals surface area (Å²) >= 11 is 1.57. The molecule has 0 aliphatic carbocycles. The molecule has 1 fully saturated rings. The average Bonchev–Trinajstić information content (AvgIpc) is 3.08. The molecule has 3 heterocycles. The molecule has 2 aromatic rings. The van der Waals surface area contributed by atoms with Crippen LogP contribution in [0.4, 0.5) is 8.78 Å². The van der Waals surface area contributed by atoms with Crippen molar-refractivity contribution in [3.05, 3.63) is 63.1 Å². The summed E-state index contributed by atoms with van der Waals surface area (Å²) < 4.78 is 34.9. The van der Waals surface area contributed by atoms with Gasteiger partial charge in [-0.2, -0.15) is 11.8 Å². The van der Waals surface area contributed by atoms with Crippen molar-refractivity contribution in [1.29, 1.82) is 0 Å². The number of primary amides is 1. The third-order valence-electron chi connectivity index (χ3n) is 5.79. The van der Waals surface area contributed by atoms with E-state index in [-0.39, 0.29) is 24.2 Å². The Morgan fingerprint density at radius 1 is 1.34 bits per heavy atom. The van der Waals surface area contributed by atoms with Crippen molar-refractivity contribution >= 4 is 23.6 Å². The molecule has 8 nitrogen and oxygen atoms in total. The van der Waals surface area contributed by atoms with Crippen molar-refractivity contribution in [2.75, 3.05) is 12.0 Å². The van der Waals surface area contributed by atoms with E-state index in [2.05, 4.69) is 0 Å². The molecule has 170 valence electrons. The molecule has 32 heavy (non-hydrogen) atoms. The van der Waals surface area contributed by atoms with Crippen LogP contribution in [0, 0.1) is 11.6 Å². The summed E-state index contributed by atoms with van der Waals surface area (Å²) in [7, 11) is 0. The zero-order valence-corrected chi connectivity index (χ0v) is 17.9. The number of fused-ring (bicyclic) bond motifs is 2. The Morgan fingerprint density at radius 3 is 2.75 bits per heavy atom. The summed E-state index contributed by atoms with van der Waals surface area (Å²) in [5.74, 6) is -3.20. The first-order valence-corrected chi connectivity index (χ1v) is 11.3. The van der Waals surface area contributed by atoms with Gasteiger partial charge in [0.2, 0.25) is 5.43 Å². The standard InChI is InChI=1S/C21H21F2N3O5S/c1-32-5-4-14-15(6-10-2-3-11(22)7-13(10)23)31-16-9-25-8-12(20(24)29)18(27)19(28)17(25)21(30)26(14)16/h2-3,7-8,14-16,28H,4-6,9H2,1H3,(H2,24,29)/t14-,15?,16+/m0/s1. The highest BCUT2D eigenvalue weighted by Gasteiger charge is 2.49. The number of hydrogen-bond acceptors (Lipinski definition) is 6. The highest BCUT2D eigenvalue weighted by atomic mass is 32.2. The van der Waals surface area contributed by atoms with Crippen LogP contribution in [0.25, 0.3) is 0 Å². The Hall–Kier alpha value is -2.92. The van der Waals surface area contributed by atoms with Crippen molar-refractivity contribution in [3.8, 4) is 5.75 Å². The predicted molar refractivity (Wildman–Crippen MR) is 113 cm³/mol. The third kappa shape index (κ3) is 3.75. The van der Waals surface area contributed by atoms with E-state index in [4.69, 9.17) is 10.5 Å². The van der Waals surface area contributed by atoms with E-state index in [1.807, 2.05) is 6.26 Å². The van der Waals surface area contributed by atoms with Crippen molar-refractivity contribution in [3.63, 3.8) is 0 Å². The van der Waals surface area contributed by atoms with Gasteiger partial charge in [0.25, 0.3) is 11.8 Å². The maximum atomic E-state index is 14.3. The molecule has 1 aromatic carbocycles. The van der Waals surface area contributed by atoms with E-state index in [1.165, 1.54) is 15.5 Å². The number of thioether (sulfide) groups is 1. The van der Waals surface area contributed by atoms with E-state index >= 15 is 0 Å². The van der Waals surface area contributed by atoms with Crippen molar-refractivity contribution in [2.45, 2.75) is 37.8 Å². The fraction of sp³-hybridized carbons (Fsp3) is 0.381. The fourth-order valence-electron chi connectivity index (χ4n) is 4.30. The molecular weight excluding hydrogens is 444 g/mol. The molecule has 1 unspecified atom stereocenters. The Balaban J connectivity index is 1.71. The number of aromatic nitrogens is 1. The van der Waals surface area contributed by atoms with E-state index in [1.54, 1.807) is 11.8 Å². The van der Waals surface area contributed by atoms with Crippen LogP contribution in [0.3, 0.4) is 0 Å². The number of nitrogens with zero attached hydrogens (tertiary/aromatic N) is 2. The van der Waals surface area contributed by atoms with Gasteiger partial charge in [-0.15, -0.1) is 0 Å². The Morgan fingerprint density at radius 2 is 2.09 bits per heavy atom. The monoisotopic (exact) mass is 465 g/mol. The molecule has 11 heteroatoms. The first-order valence-electron chi connectivity index (χ1n) is 9.90. The Bertz CT molecular complexity index is 1150. The number of halogens is 2. The largest absolute Gasteiger partial charge is 0.503 e. The van der Waals surface area contributed by atoms with Crippen LogP contribution in [0.2, 0.25) is 0 Å². The Kier molecular flexibility index (Phi) is 5.95. The van der Waals surface area contributed by atoms with E-state index in [0.29, 0.717) is 12.2 Å². The fourth-order valence-corrected chi connectivity index (χ4v) is 4.78. The first-order chi connectivity index (χ1) is 15.2. The average molecular weight is 465 g/mol. The van der Waals surface area contributed by atoms with Crippen LogP contribution >= 0.6 is 11.8 Å². The van der Waals surface area contributed by atoms with Gasteiger partial charge in [0.1, 0.15) is 17.2 Å². The molecular formula is C21H21F2N3O5S. The lowest BCUT2D eigenvalue weighted by molar-refractivity contribution is -0.0146. The number of rotatable bonds is 6. The number of carbonyl (C=O) groups is 2. The van der Waals surface area contributed by atoms with Crippen molar-refractivity contribution in [2.24, 2.45) is 5.73 Å². The molecule has 2 aliphatic heterocycles. The molecule has 0 spiro atoms. The number of carbonyl (C=O) groups excluding carboxylic acids is 2. The van der Waals surface area contributed by atoms with Crippen LogP contribution in [0.15, 0.2) is 29.2 Å². The number of aromatic hydroxyl groups is 1. The molecule has 2 aliphatic rings. The second-order valence-electron chi connectivity index (χ2n) is 7.72. The molecule has 2 amide bonds. The molecule has 1 aromatic heterocycles. The van der Waals surface area contributed by atoms with Crippen LogP contribution in [0.1, 0.15) is 32.8 Å². The van der Waals surface area contributed by atoms with Crippen LogP contribution in [0.5, 0.6) is 5.75 Å². The predicted octanol–water partition coefficient (Wildman–Crippen LogP) is 1.48.